The molecule has 0 aromatic heterocycles. The molecule has 0 saturated carbocycles. The largest absolute Gasteiger partial charge is 0.343 e. The van der Waals surface area contributed by atoms with Gasteiger partial charge in [-0.15, -0.1) is 0 Å². The van der Waals surface area contributed by atoms with Gasteiger partial charge in [-0.2, -0.15) is 0 Å². The minimum Gasteiger partial charge on any atom is -0.343 e. The number of halogens is 2. The molecule has 0 aliphatic carbocycles. The lowest BCUT2D eigenvalue weighted by Crippen LogP contribution is -2.50. The molecule has 1 aromatic carbocycles. The van der Waals surface area contributed by atoms with Crippen molar-refractivity contribution in [3.63, 3.8) is 0 Å². The van der Waals surface area contributed by atoms with Crippen molar-refractivity contribution in [3.05, 3.63) is 33.3 Å². The highest BCUT2D eigenvalue weighted by Crippen LogP contribution is 2.23. The van der Waals surface area contributed by atoms with Crippen LogP contribution in [0.1, 0.15) is 10.4 Å². The van der Waals surface area contributed by atoms with Crippen molar-refractivity contribution in [2.45, 2.75) is 0 Å². The lowest BCUT2D eigenvalue weighted by atomic mass is 10.2. The highest BCUT2D eigenvalue weighted by Gasteiger charge is 2.19. The summed E-state index contributed by atoms with van der Waals surface area (Å²) in [6, 6.07) is 4.91. The van der Waals surface area contributed by atoms with Crippen LogP contribution in [0.15, 0.2) is 22.7 Å². The summed E-state index contributed by atoms with van der Waals surface area (Å²) in [6.07, 6.45) is 0. The molecule has 0 bridgehead atoms. The number of nitrogens with one attached hydrogen (secondary N) is 1. The third-order valence-electron chi connectivity index (χ3n) is 3.44. The van der Waals surface area contributed by atoms with Crippen LogP contribution in [-0.4, -0.2) is 61.4 Å². The maximum absolute atomic E-state index is 12.0. The summed E-state index contributed by atoms with van der Waals surface area (Å²) in [7, 11) is 2.03. The van der Waals surface area contributed by atoms with E-state index < -0.39 is 0 Å². The van der Waals surface area contributed by atoms with Gasteiger partial charge in [-0.3, -0.25) is 9.59 Å². The van der Waals surface area contributed by atoms with E-state index in [2.05, 4.69) is 26.1 Å². The van der Waals surface area contributed by atoms with Gasteiger partial charge in [0, 0.05) is 36.2 Å². The third-order valence-corrected chi connectivity index (χ3v) is 4.65. The number of amides is 2. The van der Waals surface area contributed by atoms with Gasteiger partial charge in [0.15, 0.2) is 0 Å². The highest BCUT2D eigenvalue weighted by molar-refractivity contribution is 9.10. The standard InChI is InChI=1S/C14H17BrClN3O2/c1-18-4-6-19(7-5-18)13(20)9-17-14(21)10-2-3-12(16)11(15)8-10/h2-3,8H,4-7,9H2,1H3,(H,17,21). The molecule has 0 atom stereocenters. The van der Waals surface area contributed by atoms with E-state index in [0.29, 0.717) is 28.1 Å². The van der Waals surface area contributed by atoms with Gasteiger partial charge in [0.05, 0.1) is 11.6 Å². The summed E-state index contributed by atoms with van der Waals surface area (Å²) in [5, 5.41) is 3.19. The van der Waals surface area contributed by atoms with Gasteiger partial charge in [-0.1, -0.05) is 11.6 Å². The fourth-order valence-electron chi connectivity index (χ4n) is 2.06. The highest BCUT2D eigenvalue weighted by atomic mass is 79.9. The third kappa shape index (κ3) is 4.43. The summed E-state index contributed by atoms with van der Waals surface area (Å²) < 4.78 is 0.655. The Morgan fingerprint density at radius 2 is 1.95 bits per heavy atom. The summed E-state index contributed by atoms with van der Waals surface area (Å²) in [5.41, 5.74) is 0.470. The molecule has 0 spiro atoms. The Hall–Kier alpha value is -1.11. The second kappa shape index (κ2) is 7.24. The first-order valence-electron chi connectivity index (χ1n) is 6.67. The van der Waals surface area contributed by atoms with Crippen LogP contribution < -0.4 is 5.32 Å². The van der Waals surface area contributed by atoms with E-state index in [4.69, 9.17) is 11.6 Å². The van der Waals surface area contributed by atoms with E-state index in [1.165, 1.54) is 0 Å². The van der Waals surface area contributed by atoms with Crippen LogP contribution >= 0.6 is 27.5 Å². The minimum absolute atomic E-state index is 0.0167. The van der Waals surface area contributed by atoms with Crippen LogP contribution in [0.3, 0.4) is 0 Å². The smallest absolute Gasteiger partial charge is 0.251 e. The fourth-order valence-corrected chi connectivity index (χ4v) is 2.56. The first-order valence-corrected chi connectivity index (χ1v) is 7.84. The van der Waals surface area contributed by atoms with E-state index in [0.717, 1.165) is 13.1 Å². The van der Waals surface area contributed by atoms with Crippen LogP contribution in [0, 0.1) is 0 Å². The van der Waals surface area contributed by atoms with Crippen molar-refractivity contribution in [2.75, 3.05) is 39.8 Å². The average Bonchev–Trinajstić information content (AvgIpc) is 2.48. The number of piperazine rings is 1. The van der Waals surface area contributed by atoms with Crippen molar-refractivity contribution in [1.82, 2.24) is 15.1 Å². The molecule has 1 N–H and O–H groups in total. The minimum atomic E-state index is -0.283. The molecule has 1 heterocycles. The molecule has 21 heavy (non-hydrogen) atoms. The molecule has 1 aromatic rings. The molecule has 2 rings (SSSR count). The summed E-state index contributed by atoms with van der Waals surface area (Å²) in [5.74, 6) is -0.334. The zero-order chi connectivity index (χ0) is 15.4. The van der Waals surface area contributed by atoms with Crippen LogP contribution in [0.25, 0.3) is 0 Å². The van der Waals surface area contributed by atoms with E-state index in [9.17, 15) is 9.59 Å². The second-order valence-corrected chi connectivity index (χ2v) is 6.26. The molecule has 5 nitrogen and oxygen atoms in total. The fraction of sp³-hybridized carbons (Fsp3) is 0.429. The molecule has 114 valence electrons. The number of carbonyl (C=O) groups excluding carboxylic acids is 2. The Morgan fingerprint density at radius 3 is 2.57 bits per heavy atom. The topological polar surface area (TPSA) is 52.6 Å². The van der Waals surface area contributed by atoms with Crippen molar-refractivity contribution in [2.24, 2.45) is 0 Å². The molecular weight excluding hydrogens is 358 g/mol. The average molecular weight is 375 g/mol. The first-order chi connectivity index (χ1) is 9.97. The van der Waals surface area contributed by atoms with Gasteiger partial charge in [-0.05, 0) is 41.2 Å². The first kappa shape index (κ1) is 16.3. The quantitative estimate of drug-likeness (QED) is 0.874. The number of carbonyl (C=O) groups is 2. The van der Waals surface area contributed by atoms with Crippen LogP contribution in [0.4, 0.5) is 0 Å². The Labute approximate surface area is 137 Å². The number of benzene rings is 1. The second-order valence-electron chi connectivity index (χ2n) is 5.00. The van der Waals surface area contributed by atoms with Crippen LogP contribution in [0.2, 0.25) is 5.02 Å². The molecule has 0 radical (unpaired) electrons. The Morgan fingerprint density at radius 1 is 1.29 bits per heavy atom. The van der Waals surface area contributed by atoms with Gasteiger partial charge < -0.3 is 15.1 Å². The molecule has 1 aliphatic heterocycles. The van der Waals surface area contributed by atoms with Crippen LogP contribution in [0.5, 0.6) is 0 Å². The lowest BCUT2D eigenvalue weighted by Gasteiger charge is -2.32. The molecule has 7 heteroatoms. The molecule has 1 fully saturated rings. The van der Waals surface area contributed by atoms with Gasteiger partial charge in [0.1, 0.15) is 0 Å². The monoisotopic (exact) mass is 373 g/mol. The summed E-state index contributed by atoms with van der Waals surface area (Å²) >= 11 is 9.15. The summed E-state index contributed by atoms with van der Waals surface area (Å²) in [6.45, 7) is 3.16. The zero-order valence-electron chi connectivity index (χ0n) is 11.7. The van der Waals surface area contributed by atoms with Crippen molar-refractivity contribution >= 4 is 39.3 Å². The molecule has 0 unspecified atom stereocenters. The number of nitrogens with zero attached hydrogens (tertiary/aromatic N) is 2. The van der Waals surface area contributed by atoms with Gasteiger partial charge in [0.2, 0.25) is 5.91 Å². The van der Waals surface area contributed by atoms with Gasteiger partial charge >= 0.3 is 0 Å². The number of rotatable bonds is 3. The maximum atomic E-state index is 12.0. The van der Waals surface area contributed by atoms with E-state index in [-0.39, 0.29) is 18.4 Å². The lowest BCUT2D eigenvalue weighted by molar-refractivity contribution is -0.131. The van der Waals surface area contributed by atoms with E-state index in [1.807, 2.05) is 7.05 Å². The molecule has 2 amide bonds. The van der Waals surface area contributed by atoms with E-state index >= 15 is 0 Å². The molecule has 1 saturated heterocycles. The van der Waals surface area contributed by atoms with Gasteiger partial charge in [-0.25, -0.2) is 0 Å². The Kier molecular flexibility index (Phi) is 5.61. The van der Waals surface area contributed by atoms with Gasteiger partial charge in [0.25, 0.3) is 5.91 Å². The van der Waals surface area contributed by atoms with Crippen molar-refractivity contribution < 1.29 is 9.59 Å². The SMILES string of the molecule is CN1CCN(C(=O)CNC(=O)c2ccc(Cl)c(Br)c2)CC1. The number of likely N-dealkylation sites (N-methyl/N-ethyl adjacent to an activating group) is 1. The van der Waals surface area contributed by atoms with Crippen LogP contribution in [-0.2, 0) is 4.79 Å². The number of hydrogen-bond acceptors (Lipinski definition) is 3. The van der Waals surface area contributed by atoms with Crippen molar-refractivity contribution in [1.29, 1.82) is 0 Å². The Bertz CT molecular complexity index is 545. The Balaban J connectivity index is 1.86. The molecular formula is C14H17BrClN3O2. The summed E-state index contributed by atoms with van der Waals surface area (Å²) in [4.78, 5) is 28.0. The van der Waals surface area contributed by atoms with E-state index in [1.54, 1.807) is 23.1 Å². The van der Waals surface area contributed by atoms with Crippen molar-refractivity contribution in [3.8, 4) is 0 Å². The maximum Gasteiger partial charge on any atom is 0.251 e. The predicted octanol–water partition coefficient (Wildman–Crippen LogP) is 1.61. The number of hydrogen-bond donors (Lipinski definition) is 1. The normalized spacial score (nSPS) is 15.9. The zero-order valence-corrected chi connectivity index (χ0v) is 14.1. The molecule has 1 aliphatic rings. The predicted molar refractivity (Wildman–Crippen MR) is 85.6 cm³/mol.